The molecule has 3 fully saturated rings. The molecule has 3 saturated heterocycles. The number of likely N-dealkylation sites (tertiary alicyclic amines) is 2. The van der Waals surface area contributed by atoms with E-state index < -0.39 is 6.10 Å². The van der Waals surface area contributed by atoms with Crippen LogP contribution in [0.4, 0.5) is 0 Å². The lowest BCUT2D eigenvalue weighted by Gasteiger charge is -2.51. The molecule has 48 heavy (non-hydrogen) atoms. The molecule has 3 rings (SSSR count). The highest BCUT2D eigenvalue weighted by Crippen LogP contribution is 2.52. The zero-order valence-corrected chi connectivity index (χ0v) is 35.7. The SMILES string of the molecule is CC(C)(C)CC1CN(CC(O)COC2CC(C)(C)N(O)C(C)(C)C2)CC1CC(C)(C)C(C)(C)CC1C[N+](C)(C)CC1CC(C)(C)C.CCl. The van der Waals surface area contributed by atoms with Gasteiger partial charge in [0.15, 0.2) is 0 Å². The van der Waals surface area contributed by atoms with E-state index in [0.717, 1.165) is 42.2 Å². The number of ether oxygens (including phenoxy) is 1. The number of halogens is 1. The Labute approximate surface area is 304 Å². The predicted octanol–water partition coefficient (Wildman–Crippen LogP) is 9.21. The van der Waals surface area contributed by atoms with Crippen molar-refractivity contribution >= 4 is 11.6 Å². The van der Waals surface area contributed by atoms with E-state index in [4.69, 9.17) is 4.74 Å². The number of rotatable bonds is 12. The van der Waals surface area contributed by atoms with Gasteiger partial charge >= 0.3 is 0 Å². The molecule has 2 N–H and O–H groups in total. The second-order valence-corrected chi connectivity index (χ2v) is 22.2. The van der Waals surface area contributed by atoms with Gasteiger partial charge in [-0.05, 0) is 99.7 Å². The molecule has 0 bridgehead atoms. The molecule has 6 nitrogen and oxygen atoms in total. The van der Waals surface area contributed by atoms with Gasteiger partial charge in [0.1, 0.15) is 0 Å². The molecule has 5 unspecified atom stereocenters. The van der Waals surface area contributed by atoms with Gasteiger partial charge < -0.3 is 24.4 Å². The van der Waals surface area contributed by atoms with E-state index >= 15 is 0 Å². The molecular formula is C41H83ClN3O3+. The fourth-order valence-electron chi connectivity index (χ4n) is 10.1. The molecule has 3 aliphatic heterocycles. The van der Waals surface area contributed by atoms with Crippen LogP contribution in [0, 0.1) is 45.3 Å². The van der Waals surface area contributed by atoms with Gasteiger partial charge in [-0.3, -0.25) is 0 Å². The van der Waals surface area contributed by atoms with Crippen LogP contribution in [0.1, 0.15) is 135 Å². The number of aliphatic hydroxyl groups is 1. The first-order chi connectivity index (χ1) is 21.5. The molecule has 286 valence electrons. The number of hydroxylamine groups is 2. The molecule has 0 saturated carbocycles. The van der Waals surface area contributed by atoms with E-state index in [0.29, 0.717) is 30.4 Å². The van der Waals surface area contributed by atoms with Crippen LogP contribution in [0.5, 0.6) is 0 Å². The summed E-state index contributed by atoms with van der Waals surface area (Å²) in [7, 11) is 4.88. The van der Waals surface area contributed by atoms with Crippen LogP contribution in [0.15, 0.2) is 0 Å². The Morgan fingerprint density at radius 2 is 1.08 bits per heavy atom. The van der Waals surface area contributed by atoms with Crippen LogP contribution in [-0.4, -0.2) is 108 Å². The third-order valence-electron chi connectivity index (χ3n) is 12.5. The molecule has 0 spiro atoms. The summed E-state index contributed by atoms with van der Waals surface area (Å²) >= 11 is 4.64. The molecule has 0 aromatic heterocycles. The molecule has 3 aliphatic rings. The third kappa shape index (κ3) is 12.6. The first-order valence-electron chi connectivity index (χ1n) is 19.2. The van der Waals surface area contributed by atoms with Crippen molar-refractivity contribution in [2.24, 2.45) is 45.3 Å². The van der Waals surface area contributed by atoms with Gasteiger partial charge in [0.05, 0.1) is 46.0 Å². The normalized spacial score (nSPS) is 29.5. The summed E-state index contributed by atoms with van der Waals surface area (Å²) in [6.07, 6.45) is 7.63. The minimum Gasteiger partial charge on any atom is -0.389 e. The largest absolute Gasteiger partial charge is 0.389 e. The lowest BCUT2D eigenvalue weighted by Crippen LogP contribution is -2.60. The van der Waals surface area contributed by atoms with E-state index in [1.807, 2.05) is 0 Å². The highest BCUT2D eigenvalue weighted by atomic mass is 35.5. The molecule has 0 amide bonds. The summed E-state index contributed by atoms with van der Waals surface area (Å²) in [5.74, 6) is 2.87. The first kappa shape index (κ1) is 44.2. The van der Waals surface area contributed by atoms with E-state index in [1.54, 1.807) is 0 Å². The monoisotopic (exact) mass is 701 g/mol. The van der Waals surface area contributed by atoms with Crippen LogP contribution in [0.2, 0.25) is 0 Å². The van der Waals surface area contributed by atoms with Gasteiger partial charge in [-0.2, -0.15) is 5.06 Å². The number of aliphatic hydroxyl groups excluding tert-OH is 1. The average Bonchev–Trinajstić information content (AvgIpc) is 3.36. The fourth-order valence-corrected chi connectivity index (χ4v) is 10.1. The van der Waals surface area contributed by atoms with Crippen molar-refractivity contribution in [1.82, 2.24) is 9.96 Å². The fraction of sp³-hybridized carbons (Fsp3) is 1.00. The Kier molecular flexibility index (Phi) is 14.7. The van der Waals surface area contributed by atoms with Crippen LogP contribution < -0.4 is 0 Å². The second kappa shape index (κ2) is 16.0. The molecule has 7 heteroatoms. The maximum absolute atomic E-state index is 11.2. The first-order valence-corrected chi connectivity index (χ1v) is 20.0. The van der Waals surface area contributed by atoms with E-state index in [2.05, 4.69) is 128 Å². The minimum atomic E-state index is -0.500. The van der Waals surface area contributed by atoms with Crippen LogP contribution in [0.3, 0.4) is 0 Å². The summed E-state index contributed by atoms with van der Waals surface area (Å²) < 4.78 is 7.50. The molecule has 0 radical (unpaired) electrons. The Morgan fingerprint density at radius 3 is 1.52 bits per heavy atom. The Bertz CT molecular complexity index is 978. The van der Waals surface area contributed by atoms with E-state index in [1.165, 1.54) is 50.2 Å². The van der Waals surface area contributed by atoms with Gasteiger partial charge in [0.2, 0.25) is 0 Å². The van der Waals surface area contributed by atoms with Crippen molar-refractivity contribution in [2.75, 3.05) is 59.8 Å². The van der Waals surface area contributed by atoms with Crippen LogP contribution >= 0.6 is 11.6 Å². The van der Waals surface area contributed by atoms with E-state index in [9.17, 15) is 10.3 Å². The number of quaternary nitrogens is 1. The molecular weight excluding hydrogens is 618 g/mol. The zero-order chi connectivity index (χ0) is 37.3. The smallest absolute Gasteiger partial charge is 0.0900 e. The van der Waals surface area contributed by atoms with Crippen molar-refractivity contribution in [1.29, 1.82) is 0 Å². The van der Waals surface area contributed by atoms with Crippen LogP contribution in [0.25, 0.3) is 0 Å². The Hall–Kier alpha value is 0.0500. The topological polar surface area (TPSA) is 56.2 Å². The number of hydrogen-bond acceptors (Lipinski definition) is 5. The van der Waals surface area contributed by atoms with Crippen molar-refractivity contribution in [3.63, 3.8) is 0 Å². The number of hydrogen-bond donors (Lipinski definition) is 2. The number of β-amino-alcohol motifs (C(OH)–C–C–N with tert-alkyl or cyclic N) is 1. The van der Waals surface area contributed by atoms with Crippen molar-refractivity contribution in [2.45, 2.75) is 159 Å². The maximum atomic E-state index is 11.2. The molecule has 0 aromatic rings. The number of nitrogens with zero attached hydrogens (tertiary/aromatic N) is 3. The third-order valence-corrected chi connectivity index (χ3v) is 12.5. The summed E-state index contributed by atoms with van der Waals surface area (Å²) in [5.41, 5.74) is 0.437. The molecule has 5 atom stereocenters. The zero-order valence-electron chi connectivity index (χ0n) is 35.0. The highest BCUT2D eigenvalue weighted by molar-refractivity contribution is 6.15. The average molecular weight is 702 g/mol. The molecule has 0 aromatic carbocycles. The van der Waals surface area contributed by atoms with Gasteiger partial charge in [-0.25, -0.2) is 0 Å². The van der Waals surface area contributed by atoms with Crippen molar-refractivity contribution in [3.8, 4) is 0 Å². The summed E-state index contributed by atoms with van der Waals surface area (Å²) in [6, 6.07) is 0. The van der Waals surface area contributed by atoms with Crippen molar-refractivity contribution in [3.05, 3.63) is 0 Å². The Balaban J connectivity index is 0.00000392. The lowest BCUT2D eigenvalue weighted by molar-refractivity contribution is -0.880. The maximum Gasteiger partial charge on any atom is 0.0900 e. The molecule has 3 heterocycles. The number of alkyl halides is 1. The summed E-state index contributed by atoms with van der Waals surface area (Å²) in [5, 5.41) is 23.4. The predicted molar refractivity (Wildman–Crippen MR) is 206 cm³/mol. The van der Waals surface area contributed by atoms with E-state index in [-0.39, 0.29) is 33.4 Å². The van der Waals surface area contributed by atoms with Gasteiger partial charge in [-0.15, -0.1) is 11.6 Å². The van der Waals surface area contributed by atoms with Crippen LogP contribution in [-0.2, 0) is 4.74 Å². The second-order valence-electron chi connectivity index (χ2n) is 22.2. The standard InChI is InChI=1S/C40H80N3O3.CH3Cl/c1-35(2,3)17-29-23-41(25-33(44)28-46-34-21-39(11,12)42(45)40(13,14)22-34)24-30(29)19-37(7,8)38(9,10)20-32-27-43(15,16)26-31(32)18-36(4,5)6;1-2/h29-34,44-45H,17-28H2,1-16H3;1H3/q+1;. The summed E-state index contributed by atoms with van der Waals surface area (Å²) in [6.45, 7) is 38.7. The minimum absolute atomic E-state index is 0.0401. The van der Waals surface area contributed by atoms with Crippen molar-refractivity contribution < 1.29 is 19.5 Å². The quantitative estimate of drug-likeness (QED) is 0.157. The van der Waals surface area contributed by atoms with Gasteiger partial charge in [0.25, 0.3) is 0 Å². The lowest BCUT2D eigenvalue weighted by atomic mass is 9.58. The van der Waals surface area contributed by atoms with Gasteiger partial charge in [0, 0.05) is 48.9 Å². The summed E-state index contributed by atoms with van der Waals surface area (Å²) in [4.78, 5) is 2.54. The Morgan fingerprint density at radius 1 is 0.708 bits per heavy atom. The highest BCUT2D eigenvalue weighted by Gasteiger charge is 2.49. The number of piperidine rings is 1. The molecule has 0 aliphatic carbocycles. The van der Waals surface area contributed by atoms with Gasteiger partial charge in [-0.1, -0.05) is 69.2 Å².